The van der Waals surface area contributed by atoms with Gasteiger partial charge in [-0.25, -0.2) is 0 Å². The van der Waals surface area contributed by atoms with Crippen molar-refractivity contribution in [2.45, 2.75) is 15.2 Å². The highest BCUT2D eigenvalue weighted by Crippen LogP contribution is 2.65. The highest BCUT2D eigenvalue weighted by molar-refractivity contribution is 8.00. The zero-order chi connectivity index (χ0) is 43.6. The van der Waals surface area contributed by atoms with Gasteiger partial charge in [0.05, 0.1) is 5.41 Å². The SMILES string of the molecule is c1ccc(-c2ccccc2-c2ccc(N(c3ccc(-c4ccccc4-c4ccccc4)cc3)c3ccc4sc5c(c4c3)Sc3ccccc3C53c4ccccc4-c4ccccc43)cc2)cc1. The lowest BCUT2D eigenvalue weighted by Crippen LogP contribution is -2.30. The lowest BCUT2D eigenvalue weighted by molar-refractivity contribution is 0.745. The molecular weight excluding hydrogens is 835 g/mol. The van der Waals surface area contributed by atoms with Gasteiger partial charge in [0.2, 0.25) is 0 Å². The van der Waals surface area contributed by atoms with Gasteiger partial charge in [-0.1, -0.05) is 212 Å². The van der Waals surface area contributed by atoms with Gasteiger partial charge in [0.15, 0.2) is 0 Å². The molecule has 1 aliphatic carbocycles. The minimum absolute atomic E-state index is 0.397. The van der Waals surface area contributed by atoms with Crippen LogP contribution in [-0.4, -0.2) is 0 Å². The summed E-state index contributed by atoms with van der Waals surface area (Å²) in [5.74, 6) is 0. The highest BCUT2D eigenvalue weighted by Gasteiger charge is 2.51. The topological polar surface area (TPSA) is 3.24 Å². The third-order valence-corrected chi connectivity index (χ3v) is 16.2. The van der Waals surface area contributed by atoms with Gasteiger partial charge in [0, 0.05) is 41.8 Å². The Kier molecular flexibility index (Phi) is 9.26. The van der Waals surface area contributed by atoms with E-state index >= 15 is 0 Å². The average Bonchev–Trinajstić information content (AvgIpc) is 3.91. The molecule has 0 saturated heterocycles. The molecular formula is C63H41NS2. The summed E-state index contributed by atoms with van der Waals surface area (Å²) in [7, 11) is 0. The molecule has 2 heterocycles. The van der Waals surface area contributed by atoms with Crippen LogP contribution < -0.4 is 4.90 Å². The van der Waals surface area contributed by atoms with Crippen LogP contribution in [0.2, 0.25) is 0 Å². The maximum absolute atomic E-state index is 2.45. The Morgan fingerprint density at radius 2 is 0.712 bits per heavy atom. The van der Waals surface area contributed by atoms with Crippen molar-refractivity contribution in [3.63, 3.8) is 0 Å². The first-order valence-electron chi connectivity index (χ1n) is 22.6. The van der Waals surface area contributed by atoms with Crippen molar-refractivity contribution in [1.29, 1.82) is 0 Å². The molecule has 10 aromatic carbocycles. The van der Waals surface area contributed by atoms with E-state index in [0.717, 1.165) is 17.1 Å². The molecule has 2 aliphatic rings. The Labute approximate surface area is 394 Å². The van der Waals surface area contributed by atoms with E-state index in [2.05, 4.69) is 254 Å². The first kappa shape index (κ1) is 38.7. The summed E-state index contributed by atoms with van der Waals surface area (Å²) in [6, 6.07) is 91.5. The number of rotatable bonds is 7. The number of anilines is 3. The van der Waals surface area contributed by atoms with Crippen molar-refractivity contribution in [1.82, 2.24) is 0 Å². The van der Waals surface area contributed by atoms with Gasteiger partial charge in [-0.15, -0.1) is 11.3 Å². The van der Waals surface area contributed by atoms with Crippen molar-refractivity contribution in [3.8, 4) is 55.6 Å². The fourth-order valence-corrected chi connectivity index (χ4v) is 13.5. The van der Waals surface area contributed by atoms with Crippen molar-refractivity contribution >= 4 is 50.2 Å². The molecule has 11 aromatic rings. The largest absolute Gasteiger partial charge is 0.310 e. The lowest BCUT2D eigenvalue weighted by Gasteiger charge is -2.37. The van der Waals surface area contributed by atoms with E-state index in [9.17, 15) is 0 Å². The van der Waals surface area contributed by atoms with Gasteiger partial charge in [-0.3, -0.25) is 0 Å². The molecule has 0 radical (unpaired) electrons. The number of thiophene rings is 1. The van der Waals surface area contributed by atoms with Crippen molar-refractivity contribution in [2.75, 3.05) is 4.90 Å². The second-order valence-electron chi connectivity index (χ2n) is 17.1. The number of hydrogen-bond donors (Lipinski definition) is 0. The molecule has 66 heavy (non-hydrogen) atoms. The molecule has 0 saturated carbocycles. The monoisotopic (exact) mass is 875 g/mol. The predicted octanol–water partition coefficient (Wildman–Crippen LogP) is 17.9. The Bertz CT molecular complexity index is 3440. The summed E-state index contributed by atoms with van der Waals surface area (Å²) < 4.78 is 1.30. The molecule has 0 amide bonds. The van der Waals surface area contributed by atoms with Crippen LogP contribution in [-0.2, 0) is 5.41 Å². The van der Waals surface area contributed by atoms with Crippen LogP contribution in [0.15, 0.2) is 259 Å². The van der Waals surface area contributed by atoms with E-state index in [1.807, 2.05) is 23.1 Å². The molecule has 1 aliphatic heterocycles. The van der Waals surface area contributed by atoms with Crippen molar-refractivity contribution in [3.05, 3.63) is 270 Å². The first-order chi connectivity index (χ1) is 32.7. The molecule has 0 fully saturated rings. The summed E-state index contributed by atoms with van der Waals surface area (Å²) in [4.78, 5) is 6.50. The van der Waals surface area contributed by atoms with E-state index in [1.54, 1.807) is 0 Å². The number of hydrogen-bond acceptors (Lipinski definition) is 3. The zero-order valence-corrected chi connectivity index (χ0v) is 37.6. The molecule has 1 aromatic heterocycles. The van der Waals surface area contributed by atoms with E-state index in [-0.39, 0.29) is 0 Å². The summed E-state index contributed by atoms with van der Waals surface area (Å²) in [6.45, 7) is 0. The summed E-state index contributed by atoms with van der Waals surface area (Å²) >= 11 is 3.89. The molecule has 1 nitrogen and oxygen atoms in total. The van der Waals surface area contributed by atoms with Gasteiger partial charge in [0.1, 0.15) is 0 Å². The van der Waals surface area contributed by atoms with E-state index < -0.39 is 5.41 Å². The fourth-order valence-electron chi connectivity index (χ4n) is 10.7. The second-order valence-corrected chi connectivity index (χ2v) is 19.2. The molecule has 13 rings (SSSR count). The van der Waals surface area contributed by atoms with Crippen LogP contribution >= 0.6 is 23.1 Å². The van der Waals surface area contributed by atoms with E-state index in [0.29, 0.717) is 0 Å². The molecule has 0 bridgehead atoms. The van der Waals surface area contributed by atoms with Gasteiger partial charge in [-0.2, -0.15) is 0 Å². The molecule has 0 N–H and O–H groups in total. The molecule has 3 heteroatoms. The maximum atomic E-state index is 2.45. The van der Waals surface area contributed by atoms with Crippen LogP contribution in [0.4, 0.5) is 17.1 Å². The summed E-state index contributed by atoms with van der Waals surface area (Å²) in [6.07, 6.45) is 0. The predicted molar refractivity (Wildman–Crippen MR) is 280 cm³/mol. The smallest absolute Gasteiger partial charge is 0.0829 e. The van der Waals surface area contributed by atoms with Crippen LogP contribution in [0.25, 0.3) is 65.7 Å². The number of fused-ring (bicyclic) bond motifs is 11. The molecule has 1 spiro atoms. The number of benzene rings is 10. The summed E-state index contributed by atoms with van der Waals surface area (Å²) in [5, 5.41) is 1.29. The van der Waals surface area contributed by atoms with E-state index in [1.165, 1.54) is 97.1 Å². The second kappa shape index (κ2) is 15.8. The third-order valence-electron chi connectivity index (χ3n) is 13.6. The lowest BCUT2D eigenvalue weighted by atomic mass is 9.71. The summed E-state index contributed by atoms with van der Waals surface area (Å²) in [5.41, 5.74) is 19.4. The molecule has 0 unspecified atom stereocenters. The Morgan fingerprint density at radius 3 is 1.21 bits per heavy atom. The minimum Gasteiger partial charge on any atom is -0.310 e. The highest BCUT2D eigenvalue weighted by atomic mass is 32.2. The van der Waals surface area contributed by atoms with Crippen LogP contribution in [0.1, 0.15) is 21.6 Å². The minimum atomic E-state index is -0.397. The van der Waals surface area contributed by atoms with Gasteiger partial charge in [-0.05, 0) is 121 Å². The third kappa shape index (κ3) is 6.08. The van der Waals surface area contributed by atoms with Gasteiger partial charge < -0.3 is 4.90 Å². The molecule has 310 valence electrons. The van der Waals surface area contributed by atoms with Gasteiger partial charge in [0.25, 0.3) is 0 Å². The Balaban J connectivity index is 0.976. The van der Waals surface area contributed by atoms with Crippen molar-refractivity contribution < 1.29 is 0 Å². The van der Waals surface area contributed by atoms with Crippen molar-refractivity contribution in [2.24, 2.45) is 0 Å². The first-order valence-corrected chi connectivity index (χ1v) is 24.2. The van der Waals surface area contributed by atoms with Gasteiger partial charge >= 0.3 is 0 Å². The maximum Gasteiger partial charge on any atom is 0.0829 e. The van der Waals surface area contributed by atoms with E-state index in [4.69, 9.17) is 0 Å². The quantitative estimate of drug-likeness (QED) is 0.157. The Hall–Kier alpha value is -7.69. The molecule has 0 atom stereocenters. The Morgan fingerprint density at radius 1 is 0.318 bits per heavy atom. The standard InChI is InChI=1S/C63H41NS2/c1-3-17-42(18-4-1)49-21-7-9-23-51(49)44-31-35-46(36-32-44)64(47-37-33-45(34-38-47)52-24-10-8-22-50(52)43-19-5-2-6-20-43)48-39-40-59-55(41-48)61-62(66-59)63(58-29-15-16-30-60(58)65-61)56-27-13-11-25-53(56)54-26-12-14-28-57(54)63/h1-41H. The fraction of sp³-hybridized carbons (Fsp3) is 0.0159. The number of nitrogens with zero attached hydrogens (tertiary/aromatic N) is 1. The van der Waals surface area contributed by atoms with Crippen LogP contribution in [0, 0.1) is 0 Å². The van der Waals surface area contributed by atoms with Crippen LogP contribution in [0.5, 0.6) is 0 Å². The van der Waals surface area contributed by atoms with Crippen LogP contribution in [0.3, 0.4) is 0 Å². The average molecular weight is 876 g/mol. The normalized spacial score (nSPS) is 12.9. The zero-order valence-electron chi connectivity index (χ0n) is 35.9.